The van der Waals surface area contributed by atoms with Crippen LogP contribution in [-0.4, -0.2) is 34.6 Å². The Hall–Kier alpha value is -2.06. The number of aromatic nitrogens is 2. The number of rotatable bonds is 1. The molecule has 2 heterocycles. The Morgan fingerprint density at radius 2 is 2.25 bits per heavy atom. The SMILES string of the molecule is CC1CN(C)CCC1n1c(N)nc2ccc(C#N)cc21. The third kappa shape index (κ3) is 2.02. The lowest BCUT2D eigenvalue weighted by Gasteiger charge is -2.36. The number of hydrogen-bond donors (Lipinski definition) is 1. The predicted octanol–water partition coefficient (Wildman–Crippen LogP) is 2.00. The first kappa shape index (κ1) is 12.9. The van der Waals surface area contributed by atoms with Crippen LogP contribution in [0.4, 0.5) is 5.95 Å². The number of nitrogens with zero attached hydrogens (tertiary/aromatic N) is 4. The maximum absolute atomic E-state index is 9.07. The average Bonchev–Trinajstić information content (AvgIpc) is 2.74. The zero-order valence-corrected chi connectivity index (χ0v) is 11.9. The van der Waals surface area contributed by atoms with Crippen LogP contribution in [0.1, 0.15) is 24.9 Å². The molecule has 1 saturated heterocycles. The Bertz CT molecular complexity index is 681. The van der Waals surface area contributed by atoms with Gasteiger partial charge in [-0.2, -0.15) is 5.26 Å². The molecule has 0 saturated carbocycles. The zero-order valence-electron chi connectivity index (χ0n) is 11.9. The monoisotopic (exact) mass is 269 g/mol. The summed E-state index contributed by atoms with van der Waals surface area (Å²) in [5, 5.41) is 9.07. The zero-order chi connectivity index (χ0) is 14.3. The average molecular weight is 269 g/mol. The summed E-state index contributed by atoms with van der Waals surface area (Å²) in [6.45, 7) is 4.37. The molecule has 1 fully saturated rings. The van der Waals surface area contributed by atoms with Crippen molar-refractivity contribution in [3.8, 4) is 6.07 Å². The van der Waals surface area contributed by atoms with Gasteiger partial charge >= 0.3 is 0 Å². The second-order valence-electron chi connectivity index (χ2n) is 5.75. The highest BCUT2D eigenvalue weighted by Gasteiger charge is 2.28. The van der Waals surface area contributed by atoms with Gasteiger partial charge in [-0.15, -0.1) is 0 Å². The molecule has 2 aromatic rings. The van der Waals surface area contributed by atoms with Crippen molar-refractivity contribution < 1.29 is 0 Å². The summed E-state index contributed by atoms with van der Waals surface area (Å²) in [6.07, 6.45) is 1.06. The van der Waals surface area contributed by atoms with Crippen molar-refractivity contribution >= 4 is 17.0 Å². The molecule has 1 aromatic heterocycles. The van der Waals surface area contributed by atoms with Crippen LogP contribution in [-0.2, 0) is 0 Å². The van der Waals surface area contributed by atoms with Gasteiger partial charge in [-0.3, -0.25) is 0 Å². The Kier molecular flexibility index (Phi) is 3.11. The predicted molar refractivity (Wildman–Crippen MR) is 79.2 cm³/mol. The van der Waals surface area contributed by atoms with Gasteiger partial charge in [0.2, 0.25) is 5.95 Å². The minimum absolute atomic E-state index is 0.352. The molecule has 1 aromatic carbocycles. The molecular weight excluding hydrogens is 250 g/mol. The highest BCUT2D eigenvalue weighted by molar-refractivity contribution is 5.80. The quantitative estimate of drug-likeness (QED) is 0.859. The van der Waals surface area contributed by atoms with E-state index in [1.54, 1.807) is 6.07 Å². The number of hydrogen-bond acceptors (Lipinski definition) is 4. The third-order valence-corrected chi connectivity index (χ3v) is 4.24. The standard InChI is InChI=1S/C15H19N5/c1-10-9-19(2)6-5-13(10)20-14-7-11(8-16)3-4-12(14)18-15(20)17/h3-4,7,10,13H,5-6,9H2,1-2H3,(H2,17,18). The Labute approximate surface area is 118 Å². The van der Waals surface area contributed by atoms with Crippen LogP contribution in [0.2, 0.25) is 0 Å². The van der Waals surface area contributed by atoms with Gasteiger partial charge in [0.25, 0.3) is 0 Å². The Balaban J connectivity index is 2.10. The number of nitrogens with two attached hydrogens (primary N) is 1. The summed E-state index contributed by atoms with van der Waals surface area (Å²) in [6, 6.07) is 8.10. The van der Waals surface area contributed by atoms with Crippen molar-refractivity contribution in [3.63, 3.8) is 0 Å². The van der Waals surface area contributed by atoms with E-state index < -0.39 is 0 Å². The molecule has 0 bridgehead atoms. The number of nitriles is 1. The summed E-state index contributed by atoms with van der Waals surface area (Å²) < 4.78 is 2.12. The van der Waals surface area contributed by atoms with E-state index in [2.05, 4.69) is 34.5 Å². The highest BCUT2D eigenvalue weighted by atomic mass is 15.2. The highest BCUT2D eigenvalue weighted by Crippen LogP contribution is 2.33. The fourth-order valence-electron chi connectivity index (χ4n) is 3.26. The lowest BCUT2D eigenvalue weighted by Crippen LogP contribution is -2.38. The van der Waals surface area contributed by atoms with Gasteiger partial charge in [-0.25, -0.2) is 4.98 Å². The van der Waals surface area contributed by atoms with Crippen molar-refractivity contribution in [1.29, 1.82) is 5.26 Å². The van der Waals surface area contributed by atoms with Gasteiger partial charge in [0.05, 0.1) is 22.7 Å². The molecule has 104 valence electrons. The summed E-state index contributed by atoms with van der Waals surface area (Å²) in [7, 11) is 2.15. The Morgan fingerprint density at radius 1 is 1.45 bits per heavy atom. The molecule has 2 N–H and O–H groups in total. The van der Waals surface area contributed by atoms with E-state index in [-0.39, 0.29) is 0 Å². The number of anilines is 1. The fourth-order valence-corrected chi connectivity index (χ4v) is 3.26. The fraction of sp³-hybridized carbons (Fsp3) is 0.467. The van der Waals surface area contributed by atoms with Gasteiger partial charge in [0.1, 0.15) is 0 Å². The van der Waals surface area contributed by atoms with Crippen LogP contribution in [0, 0.1) is 17.2 Å². The molecule has 0 aliphatic carbocycles. The van der Waals surface area contributed by atoms with Gasteiger partial charge in [0, 0.05) is 12.6 Å². The largest absolute Gasteiger partial charge is 0.369 e. The summed E-state index contributed by atoms with van der Waals surface area (Å²) >= 11 is 0. The van der Waals surface area contributed by atoms with Gasteiger partial charge in [0.15, 0.2) is 0 Å². The van der Waals surface area contributed by atoms with Crippen molar-refractivity contribution in [1.82, 2.24) is 14.5 Å². The van der Waals surface area contributed by atoms with Crippen molar-refractivity contribution in [3.05, 3.63) is 23.8 Å². The number of nitrogen functional groups attached to an aromatic ring is 1. The minimum Gasteiger partial charge on any atom is -0.369 e. The molecule has 1 aliphatic heterocycles. The van der Waals surface area contributed by atoms with E-state index in [4.69, 9.17) is 11.0 Å². The summed E-state index contributed by atoms with van der Waals surface area (Å²) in [5.74, 6) is 1.07. The van der Waals surface area contributed by atoms with Crippen molar-refractivity contribution in [2.45, 2.75) is 19.4 Å². The summed E-state index contributed by atoms with van der Waals surface area (Å²) in [4.78, 5) is 6.78. The molecular formula is C15H19N5. The van der Waals surface area contributed by atoms with Crippen LogP contribution < -0.4 is 5.73 Å². The molecule has 0 amide bonds. The van der Waals surface area contributed by atoms with E-state index in [9.17, 15) is 0 Å². The topological polar surface area (TPSA) is 70.9 Å². The maximum Gasteiger partial charge on any atom is 0.201 e. The van der Waals surface area contributed by atoms with Gasteiger partial charge < -0.3 is 15.2 Å². The lowest BCUT2D eigenvalue weighted by molar-refractivity contribution is 0.162. The molecule has 0 spiro atoms. The first-order chi connectivity index (χ1) is 9.60. The number of likely N-dealkylation sites (tertiary alicyclic amines) is 1. The lowest BCUT2D eigenvalue weighted by atomic mass is 9.93. The molecule has 2 atom stereocenters. The summed E-state index contributed by atoms with van der Waals surface area (Å²) in [5.41, 5.74) is 8.62. The maximum atomic E-state index is 9.07. The minimum atomic E-state index is 0.352. The number of imidazole rings is 1. The normalized spacial score (nSPS) is 23.9. The van der Waals surface area contributed by atoms with Crippen molar-refractivity contribution in [2.75, 3.05) is 25.9 Å². The van der Waals surface area contributed by atoms with Crippen LogP contribution in [0.5, 0.6) is 0 Å². The van der Waals surface area contributed by atoms with Crippen LogP contribution in [0.3, 0.4) is 0 Å². The molecule has 5 nitrogen and oxygen atoms in total. The second kappa shape index (κ2) is 4.80. The molecule has 5 heteroatoms. The number of piperidine rings is 1. The smallest absolute Gasteiger partial charge is 0.201 e. The Morgan fingerprint density at radius 3 is 2.95 bits per heavy atom. The first-order valence-corrected chi connectivity index (χ1v) is 6.96. The van der Waals surface area contributed by atoms with Crippen LogP contribution in [0.15, 0.2) is 18.2 Å². The van der Waals surface area contributed by atoms with E-state index in [0.29, 0.717) is 23.5 Å². The molecule has 20 heavy (non-hydrogen) atoms. The first-order valence-electron chi connectivity index (χ1n) is 6.96. The molecule has 0 radical (unpaired) electrons. The van der Waals surface area contributed by atoms with Gasteiger partial charge in [-0.05, 0) is 44.1 Å². The van der Waals surface area contributed by atoms with Crippen LogP contribution >= 0.6 is 0 Å². The van der Waals surface area contributed by atoms with E-state index in [1.807, 2.05) is 12.1 Å². The second-order valence-corrected chi connectivity index (χ2v) is 5.75. The van der Waals surface area contributed by atoms with Crippen molar-refractivity contribution in [2.24, 2.45) is 5.92 Å². The third-order valence-electron chi connectivity index (χ3n) is 4.24. The molecule has 2 unspecified atom stereocenters. The number of benzene rings is 1. The van der Waals surface area contributed by atoms with E-state index in [0.717, 1.165) is 30.5 Å². The number of fused-ring (bicyclic) bond motifs is 1. The molecule has 1 aliphatic rings. The van der Waals surface area contributed by atoms with Gasteiger partial charge in [-0.1, -0.05) is 6.92 Å². The van der Waals surface area contributed by atoms with Crippen LogP contribution in [0.25, 0.3) is 11.0 Å². The van der Waals surface area contributed by atoms with E-state index in [1.165, 1.54) is 0 Å². The molecule has 3 rings (SSSR count). The van der Waals surface area contributed by atoms with E-state index >= 15 is 0 Å².